The van der Waals surface area contributed by atoms with Crippen molar-refractivity contribution in [1.29, 1.82) is 0 Å². The highest BCUT2D eigenvalue weighted by molar-refractivity contribution is 6.10. The summed E-state index contributed by atoms with van der Waals surface area (Å²) in [5.41, 5.74) is 0.474. The minimum Gasteiger partial charge on any atom is -0.339 e. The molecule has 2 aromatic rings. The van der Waals surface area contributed by atoms with Crippen molar-refractivity contribution in [3.8, 4) is 0 Å². The van der Waals surface area contributed by atoms with Crippen LogP contribution in [0.15, 0.2) is 54.9 Å². The number of benzene rings is 1. The van der Waals surface area contributed by atoms with Crippen molar-refractivity contribution in [1.82, 2.24) is 14.8 Å². The number of amides is 3. The molecule has 6 heteroatoms. The zero-order valence-electron chi connectivity index (χ0n) is 16.9. The highest BCUT2D eigenvalue weighted by atomic mass is 16.2. The Morgan fingerprint density at radius 1 is 1.07 bits per heavy atom. The maximum Gasteiger partial charge on any atom is 0.241 e. The lowest BCUT2D eigenvalue weighted by atomic mass is 9.75. The fraction of sp³-hybridized carbons (Fsp3) is 0.417. The number of aromatic nitrogens is 1. The van der Waals surface area contributed by atoms with Crippen molar-refractivity contribution in [2.24, 2.45) is 5.92 Å². The molecule has 5 rings (SSSR count). The van der Waals surface area contributed by atoms with Crippen LogP contribution in [0.2, 0.25) is 0 Å². The van der Waals surface area contributed by atoms with E-state index in [9.17, 15) is 14.4 Å². The maximum absolute atomic E-state index is 13.7. The highest BCUT2D eigenvalue weighted by Crippen LogP contribution is 2.43. The second-order valence-electron chi connectivity index (χ2n) is 8.82. The number of rotatable bonds is 5. The molecule has 154 valence electrons. The van der Waals surface area contributed by atoms with Crippen molar-refractivity contribution in [2.45, 2.75) is 50.1 Å². The largest absolute Gasteiger partial charge is 0.339 e. The van der Waals surface area contributed by atoms with Gasteiger partial charge < -0.3 is 4.90 Å². The molecule has 0 N–H and O–H groups in total. The van der Waals surface area contributed by atoms with Gasteiger partial charge in [-0.05, 0) is 48.4 Å². The normalized spacial score (nSPS) is 27.9. The van der Waals surface area contributed by atoms with Crippen LogP contribution in [0.4, 0.5) is 0 Å². The number of nitrogens with zero attached hydrogens (tertiary/aromatic N) is 3. The number of likely N-dealkylation sites (tertiary alicyclic amines) is 2. The molecule has 30 heavy (non-hydrogen) atoms. The van der Waals surface area contributed by atoms with Crippen molar-refractivity contribution >= 4 is 17.7 Å². The first kappa shape index (κ1) is 19.0. The van der Waals surface area contributed by atoms with Crippen molar-refractivity contribution in [2.75, 3.05) is 6.54 Å². The number of hydrogen-bond acceptors (Lipinski definition) is 4. The summed E-state index contributed by atoms with van der Waals surface area (Å²) in [6, 6.07) is 13.2. The predicted molar refractivity (Wildman–Crippen MR) is 110 cm³/mol. The van der Waals surface area contributed by atoms with Crippen molar-refractivity contribution in [3.63, 3.8) is 0 Å². The lowest BCUT2D eigenvalue weighted by Crippen LogP contribution is -2.45. The summed E-state index contributed by atoms with van der Waals surface area (Å²) in [6.07, 6.45) is 6.70. The number of pyridine rings is 1. The van der Waals surface area contributed by atoms with E-state index in [4.69, 9.17) is 0 Å². The Kier molecular flexibility index (Phi) is 4.65. The third-order valence-electron chi connectivity index (χ3n) is 7.01. The maximum atomic E-state index is 13.7. The van der Waals surface area contributed by atoms with Gasteiger partial charge in [0.05, 0.1) is 12.0 Å². The lowest BCUT2D eigenvalue weighted by Gasteiger charge is -2.32. The van der Waals surface area contributed by atoms with Crippen LogP contribution in [0, 0.1) is 5.92 Å². The summed E-state index contributed by atoms with van der Waals surface area (Å²) in [5, 5.41) is 0. The Morgan fingerprint density at radius 2 is 1.83 bits per heavy atom. The molecule has 1 aromatic carbocycles. The predicted octanol–water partition coefficient (Wildman–Crippen LogP) is 2.68. The van der Waals surface area contributed by atoms with E-state index in [0.29, 0.717) is 12.0 Å². The second kappa shape index (κ2) is 7.35. The molecule has 1 aromatic heterocycles. The number of fused-ring (bicyclic) bond motifs is 2. The van der Waals surface area contributed by atoms with E-state index in [1.54, 1.807) is 24.5 Å². The number of imide groups is 1. The smallest absolute Gasteiger partial charge is 0.241 e. The summed E-state index contributed by atoms with van der Waals surface area (Å²) < 4.78 is 0. The molecule has 3 heterocycles. The van der Waals surface area contributed by atoms with E-state index in [1.807, 2.05) is 35.2 Å². The molecule has 0 unspecified atom stereocenters. The van der Waals surface area contributed by atoms with Gasteiger partial charge >= 0.3 is 0 Å². The second-order valence-corrected chi connectivity index (χ2v) is 8.82. The van der Waals surface area contributed by atoms with Crippen LogP contribution >= 0.6 is 0 Å². The molecule has 1 aliphatic carbocycles. The van der Waals surface area contributed by atoms with Gasteiger partial charge in [0, 0.05) is 37.8 Å². The van der Waals surface area contributed by atoms with Gasteiger partial charge in [-0.25, -0.2) is 0 Å². The van der Waals surface area contributed by atoms with E-state index in [1.165, 1.54) is 11.3 Å². The molecule has 1 saturated carbocycles. The zero-order valence-corrected chi connectivity index (χ0v) is 16.9. The Bertz CT molecular complexity index is 978. The molecule has 2 saturated heterocycles. The molecule has 3 amide bonds. The van der Waals surface area contributed by atoms with Gasteiger partial charge in [0.25, 0.3) is 0 Å². The summed E-state index contributed by atoms with van der Waals surface area (Å²) >= 11 is 0. The Labute approximate surface area is 175 Å². The lowest BCUT2D eigenvalue weighted by molar-refractivity contribution is -0.143. The standard InChI is InChI=1S/C24H25N3O3/c28-21(26-16-18-6-7-20(26)12-18)13-24(19-4-2-1-3-5-19)14-22(29)27(23(24)30)15-17-8-10-25-11-9-17/h1-5,8-11,18,20H,6-7,12-16H2/t18-,20+,24+/m0/s1. The Morgan fingerprint density at radius 3 is 2.50 bits per heavy atom. The van der Waals surface area contributed by atoms with Crippen LogP contribution in [-0.2, 0) is 26.3 Å². The van der Waals surface area contributed by atoms with E-state index in [0.717, 1.165) is 30.5 Å². The number of carbonyl (C=O) groups excluding carboxylic acids is 3. The van der Waals surface area contributed by atoms with Crippen molar-refractivity contribution in [3.05, 3.63) is 66.0 Å². The summed E-state index contributed by atoms with van der Waals surface area (Å²) in [7, 11) is 0. The zero-order chi connectivity index (χ0) is 20.7. The van der Waals surface area contributed by atoms with Gasteiger partial charge in [-0.3, -0.25) is 24.3 Å². The molecule has 6 nitrogen and oxygen atoms in total. The summed E-state index contributed by atoms with van der Waals surface area (Å²) in [4.78, 5) is 47.2. The van der Waals surface area contributed by atoms with Gasteiger partial charge in [-0.1, -0.05) is 30.3 Å². The van der Waals surface area contributed by atoms with Gasteiger partial charge in [-0.2, -0.15) is 0 Å². The van der Waals surface area contributed by atoms with E-state index in [-0.39, 0.29) is 37.1 Å². The van der Waals surface area contributed by atoms with Crippen LogP contribution in [0.3, 0.4) is 0 Å². The van der Waals surface area contributed by atoms with Crippen molar-refractivity contribution < 1.29 is 14.4 Å². The van der Waals surface area contributed by atoms with Gasteiger partial charge in [0.2, 0.25) is 17.7 Å². The fourth-order valence-electron chi connectivity index (χ4n) is 5.44. The molecular formula is C24H25N3O3. The number of carbonyl (C=O) groups is 3. The first-order valence-electron chi connectivity index (χ1n) is 10.7. The van der Waals surface area contributed by atoms with Crippen LogP contribution in [0.5, 0.6) is 0 Å². The molecule has 3 fully saturated rings. The van der Waals surface area contributed by atoms with Gasteiger partial charge in [0.1, 0.15) is 0 Å². The minimum absolute atomic E-state index is 0.00189. The van der Waals surface area contributed by atoms with Crippen LogP contribution in [-0.4, -0.2) is 45.1 Å². The molecule has 0 radical (unpaired) electrons. The number of piperidine rings is 1. The van der Waals surface area contributed by atoms with Crippen LogP contribution in [0.25, 0.3) is 0 Å². The quantitative estimate of drug-likeness (QED) is 0.720. The number of hydrogen-bond donors (Lipinski definition) is 0. The average Bonchev–Trinajstić information content (AvgIpc) is 3.46. The first-order valence-corrected chi connectivity index (χ1v) is 10.7. The van der Waals surface area contributed by atoms with Crippen LogP contribution in [0.1, 0.15) is 43.2 Å². The Hall–Kier alpha value is -3.02. The molecule has 3 atom stereocenters. The SMILES string of the molecule is O=C1C[C@](CC(=O)N2C[C@H]3CC[C@@H]2C3)(c2ccccc2)C(=O)N1Cc1ccncc1. The molecular weight excluding hydrogens is 378 g/mol. The molecule has 2 aliphatic heterocycles. The van der Waals surface area contributed by atoms with Crippen LogP contribution < -0.4 is 0 Å². The first-order chi connectivity index (χ1) is 14.6. The molecule has 0 spiro atoms. The van der Waals surface area contributed by atoms with E-state index in [2.05, 4.69) is 4.98 Å². The summed E-state index contributed by atoms with van der Waals surface area (Å²) in [5.74, 6) is 0.0957. The minimum atomic E-state index is -1.12. The average molecular weight is 403 g/mol. The Balaban J connectivity index is 1.46. The molecule has 3 aliphatic rings. The summed E-state index contributed by atoms with van der Waals surface area (Å²) in [6.45, 7) is 0.995. The molecule has 2 bridgehead atoms. The third-order valence-corrected chi connectivity index (χ3v) is 7.01. The monoisotopic (exact) mass is 403 g/mol. The highest BCUT2D eigenvalue weighted by Gasteiger charge is 2.55. The fourth-order valence-corrected chi connectivity index (χ4v) is 5.44. The van der Waals surface area contributed by atoms with E-state index >= 15 is 0 Å². The topological polar surface area (TPSA) is 70.6 Å². The van der Waals surface area contributed by atoms with Gasteiger partial charge in [-0.15, -0.1) is 0 Å². The van der Waals surface area contributed by atoms with E-state index < -0.39 is 5.41 Å². The third kappa shape index (κ3) is 3.11. The van der Waals surface area contributed by atoms with Gasteiger partial charge in [0.15, 0.2) is 0 Å².